The van der Waals surface area contributed by atoms with Crippen LogP contribution in [-0.2, 0) is 6.54 Å². The van der Waals surface area contributed by atoms with Gasteiger partial charge in [0.25, 0.3) is 5.56 Å². The number of para-hydroxylation sites is 1. The second-order valence-electron chi connectivity index (χ2n) is 7.11. The van der Waals surface area contributed by atoms with Crippen molar-refractivity contribution in [2.24, 2.45) is 0 Å². The number of rotatable bonds is 4. The van der Waals surface area contributed by atoms with E-state index in [0.29, 0.717) is 11.9 Å². The van der Waals surface area contributed by atoms with Gasteiger partial charge < -0.3 is 14.0 Å². The highest BCUT2D eigenvalue weighted by Gasteiger charge is 2.21. The number of pyridine rings is 2. The summed E-state index contributed by atoms with van der Waals surface area (Å²) < 4.78 is 7.21. The number of hydrogen-bond donors (Lipinski definition) is 0. The Morgan fingerprint density at radius 2 is 1.82 bits per heavy atom. The first-order valence-corrected chi connectivity index (χ1v) is 9.54. The zero-order chi connectivity index (χ0) is 18.9. The van der Waals surface area contributed by atoms with Gasteiger partial charge in [0.1, 0.15) is 0 Å². The summed E-state index contributed by atoms with van der Waals surface area (Å²) >= 11 is 0. The van der Waals surface area contributed by atoms with Crippen molar-refractivity contribution in [2.45, 2.75) is 6.54 Å². The lowest BCUT2D eigenvalue weighted by atomic mass is 10.2. The van der Waals surface area contributed by atoms with Gasteiger partial charge in [0.15, 0.2) is 11.4 Å². The van der Waals surface area contributed by atoms with Gasteiger partial charge in [-0.15, -0.1) is 0 Å². The first kappa shape index (κ1) is 16.9. The molecule has 4 heterocycles. The Hall–Kier alpha value is -3.19. The Labute approximate surface area is 161 Å². The minimum Gasteiger partial charge on any atom is -0.354 e. The number of aromatic nitrogens is 3. The van der Waals surface area contributed by atoms with Crippen molar-refractivity contribution in [3.8, 4) is 0 Å². The second kappa shape index (κ2) is 7.09. The van der Waals surface area contributed by atoms with Crippen LogP contribution in [0.15, 0.2) is 64.3 Å². The van der Waals surface area contributed by atoms with Crippen molar-refractivity contribution in [3.05, 3.63) is 65.3 Å². The zero-order valence-corrected chi connectivity index (χ0v) is 15.5. The molecular weight excluding hydrogens is 354 g/mol. The molecule has 0 saturated carbocycles. The van der Waals surface area contributed by atoms with Crippen molar-refractivity contribution in [1.82, 2.24) is 19.6 Å². The summed E-state index contributed by atoms with van der Waals surface area (Å²) in [6.45, 7) is 5.19. The molecule has 28 heavy (non-hydrogen) atoms. The molecule has 0 radical (unpaired) electrons. The quantitative estimate of drug-likeness (QED) is 0.546. The van der Waals surface area contributed by atoms with Gasteiger partial charge in [-0.1, -0.05) is 17.3 Å². The number of piperazine rings is 1. The fourth-order valence-corrected chi connectivity index (χ4v) is 3.83. The van der Waals surface area contributed by atoms with Gasteiger partial charge >= 0.3 is 0 Å². The predicted molar refractivity (Wildman–Crippen MR) is 109 cm³/mol. The van der Waals surface area contributed by atoms with E-state index >= 15 is 0 Å². The maximum atomic E-state index is 12.6. The van der Waals surface area contributed by atoms with Crippen LogP contribution in [0.1, 0.15) is 0 Å². The van der Waals surface area contributed by atoms with E-state index in [2.05, 4.69) is 26.0 Å². The molecule has 0 amide bonds. The van der Waals surface area contributed by atoms with Crippen LogP contribution < -0.4 is 10.5 Å². The molecule has 0 atom stereocenters. The number of benzene rings is 1. The van der Waals surface area contributed by atoms with Crippen LogP contribution in [0, 0.1) is 0 Å². The molecule has 1 aliphatic rings. The molecule has 0 unspecified atom stereocenters. The van der Waals surface area contributed by atoms with Gasteiger partial charge in [-0.25, -0.2) is 0 Å². The minimum atomic E-state index is 0.0262. The SMILES string of the molecule is O=c1c2cnccc2ccn1CCN1CCN(c2noc3ccccc23)CC1. The Kier molecular flexibility index (Phi) is 4.29. The van der Waals surface area contributed by atoms with Gasteiger partial charge in [-0.3, -0.25) is 14.7 Å². The normalized spacial score (nSPS) is 15.5. The van der Waals surface area contributed by atoms with E-state index in [-0.39, 0.29) is 5.56 Å². The minimum absolute atomic E-state index is 0.0262. The average molecular weight is 375 g/mol. The van der Waals surface area contributed by atoms with E-state index in [0.717, 1.165) is 54.9 Å². The third-order valence-electron chi connectivity index (χ3n) is 5.47. The van der Waals surface area contributed by atoms with Crippen molar-refractivity contribution in [1.29, 1.82) is 0 Å². The summed E-state index contributed by atoms with van der Waals surface area (Å²) in [6.07, 6.45) is 5.24. The third-order valence-corrected chi connectivity index (χ3v) is 5.47. The van der Waals surface area contributed by atoms with Gasteiger partial charge in [0.05, 0.1) is 10.8 Å². The highest BCUT2D eigenvalue weighted by molar-refractivity contribution is 5.88. The summed E-state index contributed by atoms with van der Waals surface area (Å²) in [6, 6.07) is 11.8. The third kappa shape index (κ3) is 3.03. The maximum absolute atomic E-state index is 12.6. The first-order valence-electron chi connectivity index (χ1n) is 9.54. The highest BCUT2D eigenvalue weighted by Crippen LogP contribution is 2.26. The van der Waals surface area contributed by atoms with E-state index in [1.165, 1.54) is 0 Å². The van der Waals surface area contributed by atoms with Gasteiger partial charge in [-0.2, -0.15) is 0 Å². The average Bonchev–Trinajstić information content (AvgIpc) is 3.18. The van der Waals surface area contributed by atoms with E-state index in [1.807, 2.05) is 36.5 Å². The van der Waals surface area contributed by atoms with Gasteiger partial charge in [-0.05, 0) is 29.7 Å². The molecule has 142 valence electrons. The molecule has 1 fully saturated rings. The summed E-state index contributed by atoms with van der Waals surface area (Å²) in [5, 5.41) is 6.93. The molecule has 1 saturated heterocycles. The van der Waals surface area contributed by atoms with Crippen molar-refractivity contribution >= 4 is 27.6 Å². The van der Waals surface area contributed by atoms with Crippen LogP contribution in [0.25, 0.3) is 21.7 Å². The molecule has 3 aromatic heterocycles. The van der Waals surface area contributed by atoms with Gasteiger partial charge in [0, 0.05) is 57.9 Å². The molecule has 0 N–H and O–H groups in total. The lowest BCUT2D eigenvalue weighted by molar-refractivity contribution is 0.246. The van der Waals surface area contributed by atoms with Crippen molar-refractivity contribution in [3.63, 3.8) is 0 Å². The van der Waals surface area contributed by atoms with E-state index < -0.39 is 0 Å². The summed E-state index contributed by atoms with van der Waals surface area (Å²) in [5.41, 5.74) is 0.850. The fourth-order valence-electron chi connectivity index (χ4n) is 3.83. The molecule has 4 aromatic rings. The second-order valence-corrected chi connectivity index (χ2v) is 7.11. The summed E-state index contributed by atoms with van der Waals surface area (Å²) in [7, 11) is 0. The molecule has 0 aliphatic carbocycles. The van der Waals surface area contributed by atoms with E-state index in [1.54, 1.807) is 17.0 Å². The Bertz CT molecular complexity index is 1170. The Morgan fingerprint density at radius 3 is 2.71 bits per heavy atom. The number of hydrogen-bond acceptors (Lipinski definition) is 6. The molecule has 5 rings (SSSR count). The lowest BCUT2D eigenvalue weighted by Gasteiger charge is -2.34. The van der Waals surface area contributed by atoms with Crippen LogP contribution in [-0.4, -0.2) is 52.3 Å². The highest BCUT2D eigenvalue weighted by atomic mass is 16.5. The molecule has 1 aliphatic heterocycles. The van der Waals surface area contributed by atoms with Gasteiger partial charge in [0.2, 0.25) is 0 Å². The first-order chi connectivity index (χ1) is 13.8. The number of nitrogens with zero attached hydrogens (tertiary/aromatic N) is 5. The zero-order valence-electron chi connectivity index (χ0n) is 15.5. The van der Waals surface area contributed by atoms with Crippen LogP contribution >= 0.6 is 0 Å². The summed E-state index contributed by atoms with van der Waals surface area (Å²) in [5.74, 6) is 0.925. The fraction of sp³-hybridized carbons (Fsp3) is 0.286. The number of anilines is 1. The molecule has 7 heteroatoms. The van der Waals surface area contributed by atoms with E-state index in [4.69, 9.17) is 4.52 Å². The lowest BCUT2D eigenvalue weighted by Crippen LogP contribution is -2.47. The molecule has 7 nitrogen and oxygen atoms in total. The molecule has 1 aromatic carbocycles. The van der Waals surface area contributed by atoms with Crippen LogP contribution in [0.5, 0.6) is 0 Å². The standard InChI is InChI=1S/C21H21N5O2/c27-21-18-15-22-7-5-16(18)6-8-26(21)14-11-24-9-12-25(13-10-24)20-17-3-1-2-4-19(17)28-23-20/h1-8,15H,9-14H2. The van der Waals surface area contributed by atoms with Crippen LogP contribution in [0.4, 0.5) is 5.82 Å². The molecule has 0 spiro atoms. The number of fused-ring (bicyclic) bond motifs is 2. The van der Waals surface area contributed by atoms with Crippen LogP contribution in [0.3, 0.4) is 0 Å². The summed E-state index contributed by atoms with van der Waals surface area (Å²) in [4.78, 5) is 21.3. The van der Waals surface area contributed by atoms with Crippen molar-refractivity contribution < 1.29 is 4.52 Å². The predicted octanol–water partition coefficient (Wildman–Crippen LogP) is 2.36. The Morgan fingerprint density at radius 1 is 0.964 bits per heavy atom. The monoisotopic (exact) mass is 375 g/mol. The van der Waals surface area contributed by atoms with E-state index in [9.17, 15) is 4.79 Å². The smallest absolute Gasteiger partial charge is 0.260 e. The topological polar surface area (TPSA) is 67.4 Å². The maximum Gasteiger partial charge on any atom is 0.260 e. The van der Waals surface area contributed by atoms with Crippen molar-refractivity contribution in [2.75, 3.05) is 37.6 Å². The largest absolute Gasteiger partial charge is 0.354 e. The van der Waals surface area contributed by atoms with Crippen LogP contribution in [0.2, 0.25) is 0 Å². The Balaban J connectivity index is 1.23. The molecule has 0 bridgehead atoms. The molecular formula is C21H21N5O2.